The van der Waals surface area contributed by atoms with Gasteiger partial charge in [0.25, 0.3) is 0 Å². The predicted molar refractivity (Wildman–Crippen MR) is 209 cm³/mol. The highest BCUT2D eigenvalue weighted by molar-refractivity contribution is 5.37. The zero-order chi connectivity index (χ0) is 36.7. The quantitative estimate of drug-likeness (QED) is 0.0583. The smallest absolute Gasteiger partial charge is 0.124 e. The van der Waals surface area contributed by atoms with E-state index in [-0.39, 0.29) is 17.8 Å². The second-order valence-electron chi connectivity index (χ2n) is 13.8. The van der Waals surface area contributed by atoms with E-state index >= 15 is 0 Å². The van der Waals surface area contributed by atoms with Crippen molar-refractivity contribution in [1.29, 1.82) is 0 Å². The molecule has 0 bridgehead atoms. The number of unbranched alkanes of at least 4 members (excludes halogenated alkanes) is 3. The lowest BCUT2D eigenvalue weighted by Crippen LogP contribution is -2.25. The highest BCUT2D eigenvalue weighted by Crippen LogP contribution is 2.36. The summed E-state index contributed by atoms with van der Waals surface area (Å²) in [6.45, 7) is 23.1. The average molecular weight is 681 g/mol. The minimum Gasteiger partial charge on any atom is -0.496 e. The zero-order valence-corrected chi connectivity index (χ0v) is 32.8. The molecule has 5 heteroatoms. The normalized spacial score (nSPS) is 17.6. The molecule has 0 spiro atoms. The molecule has 0 amide bonds. The predicted octanol–water partition coefficient (Wildman–Crippen LogP) is 12.7. The molecular formula is C44H70F2N2O. The van der Waals surface area contributed by atoms with Crippen molar-refractivity contribution in [2.45, 2.75) is 156 Å². The van der Waals surface area contributed by atoms with Gasteiger partial charge in [0.05, 0.1) is 13.2 Å². The van der Waals surface area contributed by atoms with E-state index in [1.54, 1.807) is 20.1 Å². The first-order valence-corrected chi connectivity index (χ1v) is 19.1. The number of hydrogen-bond acceptors (Lipinski definition) is 3. The van der Waals surface area contributed by atoms with E-state index in [0.29, 0.717) is 12.8 Å². The molecule has 49 heavy (non-hydrogen) atoms. The lowest BCUT2D eigenvalue weighted by Gasteiger charge is -2.29. The van der Waals surface area contributed by atoms with Crippen LogP contribution in [0, 0.1) is 17.7 Å². The molecule has 0 aliphatic carbocycles. The van der Waals surface area contributed by atoms with Gasteiger partial charge >= 0.3 is 0 Å². The fourth-order valence-corrected chi connectivity index (χ4v) is 6.32. The van der Waals surface area contributed by atoms with Gasteiger partial charge in [0.15, 0.2) is 0 Å². The molecule has 0 radical (unpaired) electrons. The van der Waals surface area contributed by atoms with Gasteiger partial charge in [0, 0.05) is 17.8 Å². The molecule has 3 rings (SSSR count). The topological polar surface area (TPSA) is 24.5 Å². The Balaban J connectivity index is 0.000000445. The monoisotopic (exact) mass is 681 g/mol. The third-order valence-electron chi connectivity index (χ3n) is 9.79. The van der Waals surface area contributed by atoms with Crippen molar-refractivity contribution < 1.29 is 13.5 Å². The van der Waals surface area contributed by atoms with Crippen molar-refractivity contribution in [2.24, 2.45) is 0 Å². The summed E-state index contributed by atoms with van der Waals surface area (Å²) in [4.78, 5) is 2.36. The van der Waals surface area contributed by atoms with Crippen LogP contribution in [0.15, 0.2) is 65.6 Å². The molecule has 1 aromatic rings. The molecule has 2 aliphatic heterocycles. The minimum absolute atomic E-state index is 0.0450. The number of hydrogen-bond donors (Lipinski definition) is 1. The molecule has 2 aliphatic rings. The van der Waals surface area contributed by atoms with E-state index in [4.69, 9.17) is 4.74 Å². The molecule has 1 fully saturated rings. The first-order chi connectivity index (χ1) is 23.5. The van der Waals surface area contributed by atoms with Crippen molar-refractivity contribution in [3.05, 3.63) is 82.6 Å². The standard InChI is InChI=1S/C21H31F2N.C19H33NO.C4H6/c1-5-20(24-13-7-8-14-24)19-15-17(22)9-10-18(19)16(3)11-12-21(4,23)6-2;1-5-7-9-12-17(11-8-6-2)15-19(21-4)18-13-10-14-20-16(18)3;1-3-4-2/h5,9-10,15-16,20H,1,6-8,11-14H2,2-4H3;11,15,20H,5-10,12-14H2,1-4H3;1-2H3/b;17-11+,19-15+;. The number of allylic oxidation sites excluding steroid dienone is 5. The van der Waals surface area contributed by atoms with Gasteiger partial charge in [-0.1, -0.05) is 65.2 Å². The number of nitrogens with zero attached hydrogens (tertiary/aromatic N) is 1. The van der Waals surface area contributed by atoms with Gasteiger partial charge in [0.1, 0.15) is 17.2 Å². The molecule has 1 aromatic carbocycles. The van der Waals surface area contributed by atoms with E-state index in [0.717, 1.165) is 55.8 Å². The van der Waals surface area contributed by atoms with Crippen LogP contribution < -0.4 is 5.32 Å². The summed E-state index contributed by atoms with van der Waals surface area (Å²) >= 11 is 0. The molecule has 3 atom stereocenters. The Morgan fingerprint density at radius 2 is 1.78 bits per heavy atom. The summed E-state index contributed by atoms with van der Waals surface area (Å²) in [7, 11) is 1.80. The maximum atomic E-state index is 14.2. The maximum Gasteiger partial charge on any atom is 0.124 e. The Morgan fingerprint density at radius 1 is 1.08 bits per heavy atom. The van der Waals surface area contributed by atoms with Crippen LogP contribution in [0.1, 0.15) is 162 Å². The Kier molecular flexibility index (Phi) is 22.7. The zero-order valence-electron chi connectivity index (χ0n) is 32.8. The molecule has 3 nitrogen and oxygen atoms in total. The van der Waals surface area contributed by atoms with Gasteiger partial charge in [-0.3, -0.25) is 4.90 Å². The van der Waals surface area contributed by atoms with Crippen molar-refractivity contribution in [1.82, 2.24) is 10.2 Å². The highest BCUT2D eigenvalue weighted by Gasteiger charge is 2.27. The van der Waals surface area contributed by atoms with Crippen LogP contribution in [0.3, 0.4) is 0 Å². The summed E-state index contributed by atoms with van der Waals surface area (Å²) in [6.07, 6.45) is 20.5. The number of methoxy groups -OCH3 is 1. The van der Waals surface area contributed by atoms with E-state index < -0.39 is 5.67 Å². The van der Waals surface area contributed by atoms with Crippen molar-refractivity contribution in [3.8, 4) is 11.8 Å². The van der Waals surface area contributed by atoms with Crippen LogP contribution in [-0.2, 0) is 4.74 Å². The molecule has 2 heterocycles. The van der Waals surface area contributed by atoms with E-state index in [1.165, 1.54) is 74.3 Å². The number of rotatable bonds is 17. The second-order valence-corrected chi connectivity index (χ2v) is 13.8. The van der Waals surface area contributed by atoms with Gasteiger partial charge in [-0.15, -0.1) is 18.4 Å². The molecule has 3 unspecified atom stereocenters. The fourth-order valence-electron chi connectivity index (χ4n) is 6.32. The minimum atomic E-state index is -1.12. The summed E-state index contributed by atoms with van der Waals surface area (Å²) in [5.41, 5.74) is 5.06. The largest absolute Gasteiger partial charge is 0.496 e. The molecule has 0 aromatic heterocycles. The lowest BCUT2D eigenvalue weighted by molar-refractivity contribution is 0.162. The number of halogens is 2. The fraction of sp³-hybridized carbons (Fsp3) is 0.636. The second kappa shape index (κ2) is 25.2. The Morgan fingerprint density at radius 3 is 2.33 bits per heavy atom. The summed E-state index contributed by atoms with van der Waals surface area (Å²) < 4.78 is 33.9. The third-order valence-corrected chi connectivity index (χ3v) is 9.79. The van der Waals surface area contributed by atoms with Gasteiger partial charge in [-0.25, -0.2) is 8.78 Å². The Bertz CT molecular complexity index is 1240. The first kappa shape index (κ1) is 44.2. The van der Waals surface area contributed by atoms with E-state index in [1.807, 2.05) is 32.9 Å². The summed E-state index contributed by atoms with van der Waals surface area (Å²) in [5, 5.41) is 3.45. The summed E-state index contributed by atoms with van der Waals surface area (Å²) in [6, 6.07) is 5.09. The van der Waals surface area contributed by atoms with Crippen LogP contribution >= 0.6 is 0 Å². The number of likely N-dealkylation sites (tertiary alicyclic amines) is 1. The Hall–Kier alpha value is -2.84. The molecule has 276 valence electrons. The summed E-state index contributed by atoms with van der Waals surface area (Å²) in [5.74, 6) is 6.40. The molecule has 1 N–H and O–H groups in total. The third kappa shape index (κ3) is 16.6. The van der Waals surface area contributed by atoms with Gasteiger partial charge < -0.3 is 10.1 Å². The average Bonchev–Trinajstić information content (AvgIpc) is 3.64. The maximum absolute atomic E-state index is 14.2. The molecule has 1 saturated heterocycles. The number of nitrogens with one attached hydrogen (secondary N) is 1. The van der Waals surface area contributed by atoms with Crippen LogP contribution in [0.25, 0.3) is 0 Å². The van der Waals surface area contributed by atoms with Crippen LogP contribution in [-0.4, -0.2) is 37.3 Å². The number of alkyl halides is 1. The van der Waals surface area contributed by atoms with Crippen LogP contribution in [0.4, 0.5) is 8.78 Å². The van der Waals surface area contributed by atoms with Crippen LogP contribution in [0.5, 0.6) is 0 Å². The van der Waals surface area contributed by atoms with Gasteiger partial charge in [-0.05, 0) is 146 Å². The van der Waals surface area contributed by atoms with Crippen molar-refractivity contribution in [2.75, 3.05) is 26.7 Å². The Labute approximate surface area is 300 Å². The first-order valence-electron chi connectivity index (χ1n) is 19.1. The van der Waals surface area contributed by atoms with Crippen molar-refractivity contribution in [3.63, 3.8) is 0 Å². The lowest BCUT2D eigenvalue weighted by atomic mass is 9.85. The number of benzene rings is 1. The highest BCUT2D eigenvalue weighted by atomic mass is 19.1. The molecular weight excluding hydrogens is 610 g/mol. The van der Waals surface area contributed by atoms with E-state index in [2.05, 4.69) is 68.5 Å². The van der Waals surface area contributed by atoms with Crippen LogP contribution in [0.2, 0.25) is 0 Å². The SMILES string of the molecule is C=CC(c1cc(F)ccc1C(C)CCC(C)(F)CC)N1CCCC1.CC#CC.CCC/C=C(/C=C(/OC)C1=C(C)NCCC1)CCCCC. The molecule has 0 saturated carbocycles. The van der Waals surface area contributed by atoms with Crippen molar-refractivity contribution >= 4 is 0 Å². The number of ether oxygens (including phenoxy) is 1. The van der Waals surface area contributed by atoms with E-state index in [9.17, 15) is 8.78 Å². The van der Waals surface area contributed by atoms with Gasteiger partial charge in [0.2, 0.25) is 0 Å². The van der Waals surface area contributed by atoms with Gasteiger partial charge in [-0.2, -0.15) is 0 Å².